The molecule has 0 atom stereocenters. The predicted octanol–water partition coefficient (Wildman–Crippen LogP) is 3.80. The lowest BCUT2D eigenvalue weighted by Crippen LogP contribution is -2.40. The molecule has 0 radical (unpaired) electrons. The first-order chi connectivity index (χ1) is 8.92. The molecule has 0 aromatic heterocycles. The summed E-state index contributed by atoms with van der Waals surface area (Å²) in [6, 6.07) is 6.14. The molecule has 1 amide bonds. The summed E-state index contributed by atoms with van der Waals surface area (Å²) >= 11 is 4.36. The van der Waals surface area contributed by atoms with Gasteiger partial charge in [-0.3, -0.25) is 4.90 Å². The van der Waals surface area contributed by atoms with Crippen LogP contribution in [0.15, 0.2) is 18.2 Å². The van der Waals surface area contributed by atoms with Gasteiger partial charge >= 0.3 is 6.09 Å². The number of benzene rings is 1. The van der Waals surface area contributed by atoms with E-state index < -0.39 is 5.60 Å². The van der Waals surface area contributed by atoms with Crippen LogP contribution in [0.1, 0.15) is 38.3 Å². The number of carbonyl (C=O) groups excluding carboxylic acids is 1. The zero-order chi connectivity index (χ0) is 14.0. The van der Waals surface area contributed by atoms with E-state index in [1.807, 2.05) is 32.9 Å². The first kappa shape index (κ1) is 14.3. The van der Waals surface area contributed by atoms with Crippen LogP contribution in [0.4, 0.5) is 10.5 Å². The molecular formula is C15H21NO2S. The second-order valence-corrected chi connectivity index (χ2v) is 6.13. The summed E-state index contributed by atoms with van der Waals surface area (Å²) in [5.41, 5.74) is 2.83. The third-order valence-corrected chi connectivity index (χ3v) is 3.43. The lowest BCUT2D eigenvalue weighted by atomic mass is 9.98. The second kappa shape index (κ2) is 5.45. The molecule has 1 aliphatic heterocycles. The van der Waals surface area contributed by atoms with Gasteiger partial charge in [-0.05, 0) is 44.7 Å². The average Bonchev–Trinajstić information content (AvgIpc) is 2.35. The van der Waals surface area contributed by atoms with E-state index >= 15 is 0 Å². The summed E-state index contributed by atoms with van der Waals surface area (Å²) in [7, 11) is 0. The highest BCUT2D eigenvalue weighted by Crippen LogP contribution is 2.32. The lowest BCUT2D eigenvalue weighted by molar-refractivity contribution is 0.0577. The van der Waals surface area contributed by atoms with E-state index in [-0.39, 0.29) is 6.09 Å². The van der Waals surface area contributed by atoms with Gasteiger partial charge in [-0.15, -0.1) is 0 Å². The van der Waals surface area contributed by atoms with Crippen molar-refractivity contribution in [2.45, 2.75) is 45.0 Å². The predicted molar refractivity (Wildman–Crippen MR) is 81.0 cm³/mol. The summed E-state index contributed by atoms with van der Waals surface area (Å²) in [6.07, 6.45) is 1.72. The number of fused-ring (bicyclic) bond motifs is 1. The molecule has 0 saturated carbocycles. The number of carbonyl (C=O) groups is 1. The minimum atomic E-state index is -0.468. The molecule has 104 valence electrons. The molecular weight excluding hydrogens is 258 g/mol. The van der Waals surface area contributed by atoms with Crippen molar-refractivity contribution in [3.63, 3.8) is 0 Å². The van der Waals surface area contributed by atoms with E-state index in [0.29, 0.717) is 12.3 Å². The SMILES string of the molecule is CC(C)(C)OC(=O)N1CCCc2cccc(CS)c21. The van der Waals surface area contributed by atoms with Gasteiger partial charge in [0.1, 0.15) is 5.60 Å². The van der Waals surface area contributed by atoms with Crippen LogP contribution in [0.5, 0.6) is 0 Å². The standard InChI is InChI=1S/C15H21NO2S/c1-15(2,3)18-14(17)16-9-5-8-11-6-4-7-12(10-19)13(11)16/h4,6-7,19H,5,8-10H2,1-3H3. The molecule has 0 N–H and O–H groups in total. The number of nitrogens with zero attached hydrogens (tertiary/aromatic N) is 1. The minimum Gasteiger partial charge on any atom is -0.443 e. The molecule has 0 unspecified atom stereocenters. The Morgan fingerprint density at radius 2 is 2.16 bits per heavy atom. The van der Waals surface area contributed by atoms with Crippen LogP contribution in [-0.4, -0.2) is 18.2 Å². The van der Waals surface area contributed by atoms with Gasteiger partial charge in [-0.25, -0.2) is 4.79 Å². The molecule has 0 fully saturated rings. The molecule has 0 bridgehead atoms. The second-order valence-electron chi connectivity index (χ2n) is 5.82. The molecule has 1 heterocycles. The van der Waals surface area contributed by atoms with Crippen LogP contribution in [0, 0.1) is 0 Å². The fraction of sp³-hybridized carbons (Fsp3) is 0.533. The normalized spacial score (nSPS) is 15.1. The fourth-order valence-electron chi connectivity index (χ4n) is 2.36. The van der Waals surface area contributed by atoms with Gasteiger partial charge in [0.25, 0.3) is 0 Å². The third kappa shape index (κ3) is 3.24. The lowest BCUT2D eigenvalue weighted by Gasteiger charge is -2.33. The maximum absolute atomic E-state index is 12.3. The van der Waals surface area contributed by atoms with Crippen LogP contribution in [0.3, 0.4) is 0 Å². The van der Waals surface area contributed by atoms with Gasteiger partial charge in [-0.2, -0.15) is 12.6 Å². The summed E-state index contributed by atoms with van der Waals surface area (Å²) in [6.45, 7) is 6.38. The van der Waals surface area contributed by atoms with Gasteiger partial charge < -0.3 is 4.74 Å². The molecule has 19 heavy (non-hydrogen) atoms. The minimum absolute atomic E-state index is 0.261. The van der Waals surface area contributed by atoms with Gasteiger partial charge in [0, 0.05) is 12.3 Å². The molecule has 4 heteroatoms. The van der Waals surface area contributed by atoms with Crippen LogP contribution < -0.4 is 4.90 Å². The number of anilines is 1. The average molecular weight is 279 g/mol. The zero-order valence-electron chi connectivity index (χ0n) is 11.8. The highest BCUT2D eigenvalue weighted by atomic mass is 32.1. The fourth-order valence-corrected chi connectivity index (χ4v) is 2.61. The number of amides is 1. The van der Waals surface area contributed by atoms with Crippen molar-refractivity contribution in [1.29, 1.82) is 0 Å². The molecule has 1 aliphatic rings. The summed E-state index contributed by atoms with van der Waals surface area (Å²) < 4.78 is 5.50. The van der Waals surface area contributed by atoms with E-state index in [1.54, 1.807) is 4.90 Å². The quantitative estimate of drug-likeness (QED) is 0.792. The molecule has 0 saturated heterocycles. The summed E-state index contributed by atoms with van der Waals surface area (Å²) in [5.74, 6) is 0.627. The topological polar surface area (TPSA) is 29.5 Å². The van der Waals surface area contributed by atoms with E-state index in [2.05, 4.69) is 18.7 Å². The molecule has 0 aliphatic carbocycles. The van der Waals surface area contributed by atoms with Gasteiger partial charge in [0.05, 0.1) is 5.69 Å². The first-order valence-corrected chi connectivity index (χ1v) is 7.28. The number of para-hydroxylation sites is 1. The molecule has 2 rings (SSSR count). The maximum atomic E-state index is 12.3. The van der Waals surface area contributed by atoms with Gasteiger partial charge in [0.2, 0.25) is 0 Å². The van der Waals surface area contributed by atoms with E-state index in [4.69, 9.17) is 4.74 Å². The molecule has 3 nitrogen and oxygen atoms in total. The van der Waals surface area contributed by atoms with Crippen molar-refractivity contribution in [2.75, 3.05) is 11.4 Å². The van der Waals surface area contributed by atoms with Gasteiger partial charge in [-0.1, -0.05) is 18.2 Å². The Morgan fingerprint density at radius 1 is 1.42 bits per heavy atom. The van der Waals surface area contributed by atoms with Crippen LogP contribution in [-0.2, 0) is 16.9 Å². The van der Waals surface area contributed by atoms with E-state index in [0.717, 1.165) is 24.1 Å². The Bertz CT molecular complexity index is 465. The number of hydrogen-bond acceptors (Lipinski definition) is 3. The number of aryl methyl sites for hydroxylation is 1. The van der Waals surface area contributed by atoms with Crippen molar-refractivity contribution in [3.05, 3.63) is 29.3 Å². The Morgan fingerprint density at radius 3 is 2.79 bits per heavy atom. The van der Waals surface area contributed by atoms with Crippen molar-refractivity contribution >= 4 is 24.4 Å². The van der Waals surface area contributed by atoms with E-state index in [1.165, 1.54) is 5.56 Å². The number of ether oxygens (including phenoxy) is 1. The maximum Gasteiger partial charge on any atom is 0.414 e. The Kier molecular flexibility index (Phi) is 4.09. The highest BCUT2D eigenvalue weighted by Gasteiger charge is 2.28. The van der Waals surface area contributed by atoms with E-state index in [9.17, 15) is 4.79 Å². The first-order valence-electron chi connectivity index (χ1n) is 6.64. The smallest absolute Gasteiger partial charge is 0.414 e. The Hall–Kier alpha value is -1.16. The number of thiol groups is 1. The largest absolute Gasteiger partial charge is 0.443 e. The monoisotopic (exact) mass is 279 g/mol. The number of rotatable bonds is 1. The van der Waals surface area contributed by atoms with Crippen molar-refractivity contribution in [1.82, 2.24) is 0 Å². The van der Waals surface area contributed by atoms with Crippen molar-refractivity contribution < 1.29 is 9.53 Å². The third-order valence-electron chi connectivity index (χ3n) is 3.09. The van der Waals surface area contributed by atoms with Crippen LogP contribution in [0.2, 0.25) is 0 Å². The van der Waals surface area contributed by atoms with Crippen LogP contribution in [0.25, 0.3) is 0 Å². The molecule has 1 aromatic rings. The summed E-state index contributed by atoms with van der Waals surface area (Å²) in [4.78, 5) is 14.1. The van der Waals surface area contributed by atoms with Crippen molar-refractivity contribution in [3.8, 4) is 0 Å². The molecule has 0 spiro atoms. The molecule has 1 aromatic carbocycles. The Labute approximate surface area is 120 Å². The number of hydrogen-bond donors (Lipinski definition) is 1. The van der Waals surface area contributed by atoms with Gasteiger partial charge in [0.15, 0.2) is 0 Å². The summed E-state index contributed by atoms with van der Waals surface area (Å²) in [5, 5.41) is 0. The Balaban J connectivity index is 2.34. The highest BCUT2D eigenvalue weighted by molar-refractivity contribution is 7.79. The zero-order valence-corrected chi connectivity index (χ0v) is 12.7. The van der Waals surface area contributed by atoms with Crippen molar-refractivity contribution in [2.24, 2.45) is 0 Å². The van der Waals surface area contributed by atoms with Crippen LogP contribution >= 0.6 is 12.6 Å².